The first-order chi connectivity index (χ1) is 14.1. The van der Waals surface area contributed by atoms with Crippen LogP contribution in [0.15, 0.2) is 53.6 Å². The predicted molar refractivity (Wildman–Crippen MR) is 106 cm³/mol. The molecule has 0 aromatic heterocycles. The number of amides is 3. The lowest BCUT2D eigenvalue weighted by atomic mass is 10.2. The van der Waals surface area contributed by atoms with Crippen molar-refractivity contribution in [1.29, 1.82) is 0 Å². The number of para-hydroxylation sites is 1. The first-order valence-corrected chi connectivity index (χ1v) is 8.73. The number of hydrogen-bond acceptors (Lipinski definition) is 4. The first-order valence-electron chi connectivity index (χ1n) is 8.73. The lowest BCUT2D eigenvalue weighted by Crippen LogP contribution is -2.33. The number of anilines is 2. The number of aryl methyl sites for hydroxylation is 1. The van der Waals surface area contributed by atoms with Gasteiger partial charge in [-0.05, 0) is 43.7 Å². The Morgan fingerprint density at radius 2 is 1.67 bits per heavy atom. The quantitative estimate of drug-likeness (QED) is 0.392. The highest BCUT2D eigenvalue weighted by molar-refractivity contribution is 6.39. The Kier molecular flexibility index (Phi) is 7.29. The standard InChI is InChI=1S/C20H19F3N4O3/c1-12-6-3-4-9-16(12)25-18(29)19(30)27-26-13(2)10-17(28)24-15-8-5-7-14(11-15)20(21,22)23/h3-9,11H,10H2,1-2H3,(H,24,28)(H,25,29)(H,27,30). The van der Waals surface area contributed by atoms with E-state index in [1.807, 2.05) is 5.43 Å². The summed E-state index contributed by atoms with van der Waals surface area (Å²) in [5.41, 5.74) is 2.50. The van der Waals surface area contributed by atoms with E-state index in [2.05, 4.69) is 15.7 Å². The molecule has 0 aliphatic rings. The predicted octanol–water partition coefficient (Wildman–Crippen LogP) is 3.47. The molecule has 30 heavy (non-hydrogen) atoms. The fourth-order valence-electron chi connectivity index (χ4n) is 2.34. The number of hydrogen-bond donors (Lipinski definition) is 3. The van der Waals surface area contributed by atoms with Gasteiger partial charge in [0.05, 0.1) is 12.0 Å². The van der Waals surface area contributed by atoms with E-state index in [1.54, 1.807) is 31.2 Å². The maximum atomic E-state index is 12.7. The Labute approximate surface area is 170 Å². The van der Waals surface area contributed by atoms with Crippen molar-refractivity contribution in [2.24, 2.45) is 5.10 Å². The van der Waals surface area contributed by atoms with E-state index in [4.69, 9.17) is 0 Å². The molecule has 0 fully saturated rings. The molecule has 0 aliphatic carbocycles. The van der Waals surface area contributed by atoms with Gasteiger partial charge in [0.1, 0.15) is 0 Å². The van der Waals surface area contributed by atoms with Crippen LogP contribution in [0.1, 0.15) is 24.5 Å². The van der Waals surface area contributed by atoms with Crippen LogP contribution in [-0.4, -0.2) is 23.4 Å². The highest BCUT2D eigenvalue weighted by atomic mass is 19.4. The maximum Gasteiger partial charge on any atom is 0.416 e. The van der Waals surface area contributed by atoms with Crippen molar-refractivity contribution >= 4 is 34.8 Å². The first kappa shape index (κ1) is 22.6. The van der Waals surface area contributed by atoms with E-state index in [-0.39, 0.29) is 17.8 Å². The van der Waals surface area contributed by atoms with E-state index in [9.17, 15) is 27.6 Å². The Morgan fingerprint density at radius 1 is 0.967 bits per heavy atom. The molecular formula is C20H19F3N4O3. The van der Waals surface area contributed by atoms with Crippen molar-refractivity contribution < 1.29 is 27.6 Å². The minimum atomic E-state index is -4.53. The lowest BCUT2D eigenvalue weighted by molar-refractivity contribution is -0.137. The number of carbonyl (C=O) groups excluding carboxylic acids is 3. The summed E-state index contributed by atoms with van der Waals surface area (Å²) in [7, 11) is 0. The van der Waals surface area contributed by atoms with Gasteiger partial charge in [0.15, 0.2) is 0 Å². The van der Waals surface area contributed by atoms with Crippen LogP contribution < -0.4 is 16.1 Å². The molecule has 0 radical (unpaired) electrons. The van der Waals surface area contributed by atoms with Gasteiger partial charge in [-0.2, -0.15) is 18.3 Å². The van der Waals surface area contributed by atoms with Gasteiger partial charge in [0.2, 0.25) is 5.91 Å². The second-order valence-electron chi connectivity index (χ2n) is 6.36. The number of nitrogens with one attached hydrogen (secondary N) is 3. The van der Waals surface area contributed by atoms with E-state index < -0.39 is 29.5 Å². The molecule has 2 aromatic carbocycles. The van der Waals surface area contributed by atoms with E-state index >= 15 is 0 Å². The van der Waals surface area contributed by atoms with Crippen LogP contribution in [0, 0.1) is 6.92 Å². The molecule has 0 bridgehead atoms. The summed E-state index contributed by atoms with van der Waals surface area (Å²) in [4.78, 5) is 35.7. The zero-order chi connectivity index (χ0) is 22.3. The monoisotopic (exact) mass is 420 g/mol. The second-order valence-corrected chi connectivity index (χ2v) is 6.36. The minimum Gasteiger partial charge on any atom is -0.326 e. The van der Waals surface area contributed by atoms with Crippen molar-refractivity contribution in [2.75, 3.05) is 10.6 Å². The van der Waals surface area contributed by atoms with Crippen LogP contribution >= 0.6 is 0 Å². The SMILES string of the molecule is CC(CC(=O)Nc1cccc(C(F)(F)F)c1)=NNC(=O)C(=O)Nc1ccccc1C. The maximum absolute atomic E-state index is 12.7. The molecule has 2 rings (SSSR count). The zero-order valence-electron chi connectivity index (χ0n) is 16.1. The molecule has 3 N–H and O–H groups in total. The highest BCUT2D eigenvalue weighted by Gasteiger charge is 2.30. The van der Waals surface area contributed by atoms with Crippen molar-refractivity contribution in [3.05, 3.63) is 59.7 Å². The number of alkyl halides is 3. The van der Waals surface area contributed by atoms with Crippen molar-refractivity contribution in [2.45, 2.75) is 26.4 Å². The number of benzene rings is 2. The molecule has 10 heteroatoms. The number of hydrazone groups is 1. The molecule has 3 amide bonds. The molecule has 0 unspecified atom stereocenters. The van der Waals surface area contributed by atoms with Crippen LogP contribution in [-0.2, 0) is 20.6 Å². The fraction of sp³-hybridized carbons (Fsp3) is 0.200. The Morgan fingerprint density at radius 3 is 2.33 bits per heavy atom. The number of rotatable bonds is 5. The zero-order valence-corrected chi connectivity index (χ0v) is 16.1. The molecule has 7 nitrogen and oxygen atoms in total. The molecule has 0 saturated carbocycles. The minimum absolute atomic E-state index is 0.0238. The molecule has 0 atom stereocenters. The Hall–Kier alpha value is -3.69. The van der Waals surface area contributed by atoms with Gasteiger partial charge in [0.25, 0.3) is 0 Å². The van der Waals surface area contributed by atoms with Crippen LogP contribution in [0.4, 0.5) is 24.5 Å². The summed E-state index contributed by atoms with van der Waals surface area (Å²) < 4.78 is 38.1. The van der Waals surface area contributed by atoms with Crippen LogP contribution in [0.5, 0.6) is 0 Å². The average Bonchev–Trinajstić information content (AvgIpc) is 2.67. The van der Waals surface area contributed by atoms with Crippen LogP contribution in [0.25, 0.3) is 0 Å². The van der Waals surface area contributed by atoms with Crippen molar-refractivity contribution in [3.63, 3.8) is 0 Å². The van der Waals surface area contributed by atoms with Crippen molar-refractivity contribution in [3.8, 4) is 0 Å². The van der Waals surface area contributed by atoms with Crippen LogP contribution in [0.3, 0.4) is 0 Å². The topological polar surface area (TPSA) is 99.7 Å². The summed E-state index contributed by atoms with van der Waals surface area (Å²) in [6, 6.07) is 11.1. The largest absolute Gasteiger partial charge is 0.416 e. The molecule has 0 spiro atoms. The smallest absolute Gasteiger partial charge is 0.326 e. The normalized spacial score (nSPS) is 11.6. The molecule has 0 heterocycles. The van der Waals surface area contributed by atoms with Crippen LogP contribution in [0.2, 0.25) is 0 Å². The highest BCUT2D eigenvalue weighted by Crippen LogP contribution is 2.30. The summed E-state index contributed by atoms with van der Waals surface area (Å²) in [6.45, 7) is 3.18. The third kappa shape index (κ3) is 6.73. The number of carbonyl (C=O) groups is 3. The van der Waals surface area contributed by atoms with Gasteiger partial charge in [-0.1, -0.05) is 24.3 Å². The molecular weight excluding hydrogens is 401 g/mol. The molecule has 2 aromatic rings. The lowest BCUT2D eigenvalue weighted by Gasteiger charge is -2.10. The molecule has 158 valence electrons. The molecule has 0 aliphatic heterocycles. The summed E-state index contributed by atoms with van der Waals surface area (Å²) >= 11 is 0. The van der Waals surface area contributed by atoms with Gasteiger partial charge in [-0.3, -0.25) is 14.4 Å². The van der Waals surface area contributed by atoms with E-state index in [1.165, 1.54) is 19.1 Å². The van der Waals surface area contributed by atoms with Gasteiger partial charge < -0.3 is 10.6 Å². The van der Waals surface area contributed by atoms with Gasteiger partial charge >= 0.3 is 18.0 Å². The summed E-state index contributed by atoms with van der Waals surface area (Å²) in [6.07, 6.45) is -4.82. The summed E-state index contributed by atoms with van der Waals surface area (Å²) in [5, 5.41) is 8.42. The Balaban J connectivity index is 1.88. The average molecular weight is 420 g/mol. The molecule has 0 saturated heterocycles. The number of nitrogens with zero attached hydrogens (tertiary/aromatic N) is 1. The van der Waals surface area contributed by atoms with E-state index in [0.29, 0.717) is 5.69 Å². The number of halogens is 3. The third-order valence-corrected chi connectivity index (χ3v) is 3.84. The second kappa shape index (κ2) is 9.68. The van der Waals surface area contributed by atoms with Gasteiger partial charge in [-0.15, -0.1) is 0 Å². The van der Waals surface area contributed by atoms with Crippen molar-refractivity contribution in [1.82, 2.24) is 5.43 Å². The fourth-order valence-corrected chi connectivity index (χ4v) is 2.34. The Bertz CT molecular complexity index is 987. The summed E-state index contributed by atoms with van der Waals surface area (Å²) in [5.74, 6) is -2.60. The third-order valence-electron chi connectivity index (χ3n) is 3.84. The van der Waals surface area contributed by atoms with Gasteiger partial charge in [-0.25, -0.2) is 5.43 Å². The van der Waals surface area contributed by atoms with E-state index in [0.717, 1.165) is 17.7 Å². The van der Waals surface area contributed by atoms with Gasteiger partial charge in [0, 0.05) is 17.1 Å².